The van der Waals surface area contributed by atoms with Gasteiger partial charge in [0.15, 0.2) is 87.2 Å². The summed E-state index contributed by atoms with van der Waals surface area (Å²) in [5.74, 6) is 3.77. The number of hydrogen-bond donors (Lipinski definition) is 11. The van der Waals surface area contributed by atoms with E-state index in [4.69, 9.17) is 84.6 Å². The molecule has 694 valence electrons. The number of Topliss-reactive ketones (excluding diaryl/α,β-unsaturated/α-hetero) is 2. The van der Waals surface area contributed by atoms with Crippen LogP contribution in [0.25, 0.3) is 33.5 Å². The van der Waals surface area contributed by atoms with Crippen LogP contribution in [-0.4, -0.2) is 189 Å². The molecule has 2 fully saturated rings. The molecule has 2 saturated heterocycles. The van der Waals surface area contributed by atoms with Gasteiger partial charge in [0.1, 0.15) is 37.2 Å². The summed E-state index contributed by atoms with van der Waals surface area (Å²) in [6.45, 7) is 10.9. The maximum Gasteiger partial charge on any atom is 0.341 e. The van der Waals surface area contributed by atoms with E-state index in [0.717, 1.165) is 23.2 Å². The largest absolute Gasteiger partial charge is 0.493 e. The molecule has 10 aromatic rings. The van der Waals surface area contributed by atoms with Crippen LogP contribution in [0.15, 0.2) is 104 Å². The van der Waals surface area contributed by atoms with E-state index in [2.05, 4.69) is 98.4 Å². The molecule has 3 amide bonds. The van der Waals surface area contributed by atoms with Gasteiger partial charge in [-0.05, 0) is 148 Å². The molecule has 0 unspecified atom stereocenters. The average Bonchev–Trinajstić information content (AvgIpc) is 0.822. The first-order valence-corrected chi connectivity index (χ1v) is 42.0. The third kappa shape index (κ3) is 28.4. The zero-order valence-electron chi connectivity index (χ0n) is 74.3. The van der Waals surface area contributed by atoms with Crippen molar-refractivity contribution in [3.05, 3.63) is 143 Å². The van der Waals surface area contributed by atoms with Gasteiger partial charge in [-0.25, -0.2) is 49.7 Å². The number of hydrazine groups is 2. The monoisotopic (exact) mass is 1860 g/mol. The lowest BCUT2D eigenvalue weighted by Gasteiger charge is -2.36. The summed E-state index contributed by atoms with van der Waals surface area (Å²) in [6, 6.07) is 23.0. The van der Waals surface area contributed by atoms with E-state index in [1.54, 1.807) is 129 Å². The number of carboxylic acid groups (broad SMARTS) is 1. The molecular formula is C88H113BrN24O17. The highest BCUT2D eigenvalue weighted by Gasteiger charge is 2.43. The van der Waals surface area contributed by atoms with Gasteiger partial charge in [0, 0.05) is 29.2 Å². The number of anilines is 6. The van der Waals surface area contributed by atoms with Gasteiger partial charge in [0.2, 0.25) is 29.4 Å². The number of carbonyl (C=O) groups is 8. The number of nitrogen functional groups attached to an aromatic ring is 6. The number of alkyl halides is 1. The molecule has 0 bridgehead atoms. The van der Waals surface area contributed by atoms with Crippen molar-refractivity contribution in [3.63, 3.8) is 0 Å². The SMILES string of the molecule is C.CCC(C)(C)C(=O)C(=O)N1CCCC[C@H]1C(=O)O[C@H](CCc1ccc(OC)c(OC)c1)c1cccc(OCC(=O)NNCc2cnc3nc(N)nc(N)c3n2)c1.CCC(C)(C)C(=O)C(=O)N1CCCC[C@H]1C(=O)O[C@H](CCc1ccc(OC)c(OC)c1)c1cccc(OCC(=O)O)c1.NNCc1cnc2nc(N)nc(N)c2n1.Nc1nc(N)c2nc(CBr)cnc2n1.[2H]C#C. The number of amides is 3. The van der Waals surface area contributed by atoms with Crippen molar-refractivity contribution >= 4 is 132 Å². The number of benzene rings is 4. The van der Waals surface area contributed by atoms with Gasteiger partial charge in [0.25, 0.3) is 17.7 Å². The van der Waals surface area contributed by atoms with E-state index < -0.39 is 88.9 Å². The summed E-state index contributed by atoms with van der Waals surface area (Å²) in [4.78, 5) is 155. The fourth-order valence-electron chi connectivity index (χ4n) is 13.2. The normalized spacial score (nSPS) is 13.9. The Hall–Kier alpha value is -14.2. The predicted octanol–water partition coefficient (Wildman–Crippen LogP) is 8.09. The van der Waals surface area contributed by atoms with Gasteiger partial charge in [-0.3, -0.25) is 40.7 Å². The second-order valence-electron chi connectivity index (χ2n) is 30.5. The number of rotatable bonds is 34. The molecule has 41 nitrogen and oxygen atoms in total. The molecule has 12 rings (SSSR count). The number of carbonyl (C=O) groups excluding carboxylic acids is 7. The number of methoxy groups -OCH3 is 4. The van der Waals surface area contributed by atoms with Gasteiger partial charge in [-0.2, -0.15) is 29.9 Å². The highest BCUT2D eigenvalue weighted by Crippen LogP contribution is 2.37. The minimum Gasteiger partial charge on any atom is -0.493 e. The number of nitrogens with two attached hydrogens (primary N) is 7. The highest BCUT2D eigenvalue weighted by molar-refractivity contribution is 9.08. The second kappa shape index (κ2) is 49.2. The number of halogens is 1. The lowest BCUT2D eigenvalue weighted by atomic mass is 9.84. The third-order valence-corrected chi connectivity index (χ3v) is 21.4. The standard InChI is InChI=1S/C39H49N9O8.C32H41NO9.C7H7BrN6.C7H10N8.C2H2.CH4/c1-6-39(2,3)33(50)36(51)48-17-8-7-12-27(48)37(52)56-28(15-13-23-14-16-29(53-4)30(18-23)54-5)24-10-9-11-26(19-24)55-22-31(49)47-43-21-25-20-42-35-32(44-25)34(40)45-38(41)46-35;1-6-32(2,3)29(36)30(37)33-17-8-7-12-24(33)31(38)42-25(22-10-9-11-23(19-22)41-20-28(34)35)15-13-21-14-16-26(39-4)27(18-21)40-5;8-1-3-2-11-6-4(12-3)5(9)13-7(10)14-6;8-5-4-6(15-7(9)14-5)11-1-3(13-4)2-12-10;1-2;/h9-11,14,16,18-20,27-28,43H,6-8,12-13,15,17,21-22H2,1-5H3,(H,47,49)(H4,40,41,42,45,46);9-11,14,16,18-19,24-25H,6-8,12-13,15,17,20H2,1-5H3,(H,34,35);2H,1H2,(H4,9,10,11,13,14);1,12H,2,10H2,(H4,8,9,11,14,15);1-2H;1H4/t27-,28+;24-,25+;;;;/m00..../s1/i;;;;1D;. The number of nitrogens with one attached hydrogen (secondary N) is 3. The van der Waals surface area contributed by atoms with Crippen molar-refractivity contribution in [2.24, 2.45) is 16.7 Å². The number of likely N-dealkylation sites (tertiary alicyclic amines) is 2. The maximum absolute atomic E-state index is 14.0. The summed E-state index contributed by atoms with van der Waals surface area (Å²) in [5, 5.41) is 9.62. The van der Waals surface area contributed by atoms with Crippen molar-refractivity contribution < 1.29 is 82.7 Å². The zero-order valence-corrected chi connectivity index (χ0v) is 74.9. The number of ether oxygens (including phenoxy) is 8. The van der Waals surface area contributed by atoms with Crippen molar-refractivity contribution in [1.82, 2.24) is 85.9 Å². The first-order chi connectivity index (χ1) is 62.1. The van der Waals surface area contributed by atoms with Crippen molar-refractivity contribution in [2.75, 3.05) is 89.1 Å². The van der Waals surface area contributed by atoms with Crippen LogP contribution >= 0.6 is 15.9 Å². The third-order valence-electron chi connectivity index (χ3n) is 20.9. The summed E-state index contributed by atoms with van der Waals surface area (Å²) in [5.41, 5.74) is 47.0. The number of aliphatic carboxylic acids is 1. The van der Waals surface area contributed by atoms with E-state index in [1.807, 2.05) is 38.1 Å². The zero-order chi connectivity index (χ0) is 94.9. The van der Waals surface area contributed by atoms with Gasteiger partial charge < -0.3 is 87.2 Å². The highest BCUT2D eigenvalue weighted by atomic mass is 79.9. The quantitative estimate of drug-likeness (QED) is 0.00453. The number of nitrogens with zero attached hydrogens (tertiary/aromatic N) is 14. The summed E-state index contributed by atoms with van der Waals surface area (Å²) in [6.07, 6.45) is 15.2. The Morgan fingerprint density at radius 2 is 0.923 bits per heavy atom. The van der Waals surface area contributed by atoms with Crippen molar-refractivity contribution in [3.8, 4) is 47.3 Å². The van der Waals surface area contributed by atoms with E-state index in [9.17, 15) is 38.4 Å². The molecule has 8 heterocycles. The molecule has 2 aliphatic rings. The molecule has 6 aromatic heterocycles. The molecular weight excluding hydrogens is 1750 g/mol. The number of carboxylic acids is 1. The molecule has 2 aliphatic heterocycles. The first-order valence-electron chi connectivity index (χ1n) is 41.4. The Bertz CT molecular complexity index is 5680. The Morgan fingerprint density at radius 3 is 1.30 bits per heavy atom. The Kier molecular flexibility index (Phi) is 38.3. The van der Waals surface area contributed by atoms with Crippen LogP contribution < -0.4 is 84.9 Å². The predicted molar refractivity (Wildman–Crippen MR) is 489 cm³/mol. The Balaban J connectivity index is 0.000000270. The van der Waals surface area contributed by atoms with Crippen molar-refractivity contribution in [2.45, 2.75) is 169 Å². The molecule has 4 aromatic carbocycles. The number of ketones is 2. The minimum atomic E-state index is -1.11. The van der Waals surface area contributed by atoms with Crippen LogP contribution in [0.1, 0.15) is 166 Å². The van der Waals surface area contributed by atoms with Crippen LogP contribution in [0, 0.1) is 23.7 Å². The van der Waals surface area contributed by atoms with E-state index in [1.165, 1.54) is 22.4 Å². The van der Waals surface area contributed by atoms with Crippen LogP contribution in [0.3, 0.4) is 0 Å². The molecule has 0 saturated carbocycles. The molecule has 42 heteroatoms. The number of aromatic nitrogens is 12. The Morgan fingerprint density at radius 1 is 0.538 bits per heavy atom. The van der Waals surface area contributed by atoms with Gasteiger partial charge in [-0.15, -0.1) is 12.8 Å². The minimum absolute atomic E-state index is 0. The van der Waals surface area contributed by atoms with E-state index in [0.29, 0.717) is 168 Å². The number of hydrogen-bond acceptors (Lipinski definition) is 37. The van der Waals surface area contributed by atoms with Gasteiger partial charge in [0.05, 0.1) is 77.2 Å². The summed E-state index contributed by atoms with van der Waals surface area (Å²) in [7, 11) is 6.23. The van der Waals surface area contributed by atoms with Crippen LogP contribution in [0.4, 0.5) is 35.3 Å². The molecule has 4 atom stereocenters. The van der Waals surface area contributed by atoms with Gasteiger partial charge >= 0.3 is 17.9 Å². The van der Waals surface area contributed by atoms with Gasteiger partial charge in [-0.1, -0.05) is 101 Å². The van der Waals surface area contributed by atoms with Crippen LogP contribution in [-0.2, 0) is 79.1 Å². The van der Waals surface area contributed by atoms with Crippen LogP contribution in [0.5, 0.6) is 34.5 Å². The average molecular weight is 1860 g/mol. The van der Waals surface area contributed by atoms with E-state index >= 15 is 0 Å². The Labute approximate surface area is 761 Å². The summed E-state index contributed by atoms with van der Waals surface area (Å²) < 4.78 is 50.8. The maximum atomic E-state index is 14.0. The smallest absolute Gasteiger partial charge is 0.341 e. The second-order valence-corrected chi connectivity index (χ2v) is 31.1. The van der Waals surface area contributed by atoms with Crippen LogP contribution in [0.2, 0.25) is 0 Å². The number of aryl methyl sites for hydroxylation is 2. The molecule has 0 radical (unpaired) electrons. The number of esters is 2. The number of terminal acetylenes is 1. The van der Waals surface area contributed by atoms with Crippen molar-refractivity contribution in [1.29, 1.82) is 0 Å². The lowest BCUT2D eigenvalue weighted by molar-refractivity contribution is -0.165. The number of fused-ring (bicyclic) bond motifs is 3. The fraction of sp³-hybridized carbons (Fsp3) is 0.409. The lowest BCUT2D eigenvalue weighted by Crippen LogP contribution is -2.53. The molecule has 0 aliphatic carbocycles. The summed E-state index contributed by atoms with van der Waals surface area (Å²) >= 11 is 3.27. The number of piperidine rings is 2. The fourth-order valence-corrected chi connectivity index (χ4v) is 13.4. The molecule has 18 N–H and O–H groups in total. The topological polar surface area (TPSA) is 610 Å². The molecule has 0 spiro atoms. The van der Waals surface area contributed by atoms with E-state index in [-0.39, 0.29) is 73.6 Å². The first kappa shape index (κ1) is 101. The molecule has 130 heavy (non-hydrogen) atoms.